The molecule has 0 bridgehead atoms. The van der Waals surface area contributed by atoms with Crippen molar-refractivity contribution in [2.75, 3.05) is 26.2 Å². The molecule has 6 nitrogen and oxygen atoms in total. The normalized spacial score (nSPS) is 24.6. The topological polar surface area (TPSA) is 69.7 Å². The molecule has 26 heavy (non-hydrogen) atoms. The van der Waals surface area contributed by atoms with Crippen molar-refractivity contribution in [3.05, 3.63) is 22.4 Å². The van der Waals surface area contributed by atoms with Crippen molar-refractivity contribution in [1.82, 2.24) is 15.1 Å². The maximum atomic E-state index is 12.7. The quantitative estimate of drug-likeness (QED) is 0.852. The Morgan fingerprint density at radius 2 is 2.04 bits per heavy atom. The van der Waals surface area contributed by atoms with Crippen LogP contribution >= 0.6 is 11.3 Å². The lowest BCUT2D eigenvalue weighted by Gasteiger charge is -2.40. The number of nitrogens with one attached hydrogen (secondary N) is 1. The van der Waals surface area contributed by atoms with Gasteiger partial charge in [-0.2, -0.15) is 0 Å². The minimum atomic E-state index is -0.124. The van der Waals surface area contributed by atoms with Crippen LogP contribution in [0.4, 0.5) is 0 Å². The Bertz CT molecular complexity index is 646. The number of fused-ring (bicyclic) bond motifs is 1. The van der Waals surface area contributed by atoms with Crippen LogP contribution < -0.4 is 5.32 Å². The van der Waals surface area contributed by atoms with Gasteiger partial charge in [-0.05, 0) is 24.3 Å². The first kappa shape index (κ1) is 18.9. The number of hydrogen-bond donors (Lipinski definition) is 1. The van der Waals surface area contributed by atoms with E-state index >= 15 is 0 Å². The Balaban J connectivity index is 1.73. The van der Waals surface area contributed by atoms with Gasteiger partial charge in [0.2, 0.25) is 17.7 Å². The molecule has 1 aliphatic carbocycles. The number of thiophene rings is 1. The van der Waals surface area contributed by atoms with Gasteiger partial charge >= 0.3 is 0 Å². The summed E-state index contributed by atoms with van der Waals surface area (Å²) in [6.07, 6.45) is 4.14. The van der Waals surface area contributed by atoms with Crippen LogP contribution in [-0.4, -0.2) is 59.7 Å². The summed E-state index contributed by atoms with van der Waals surface area (Å²) in [6.45, 7) is 3.54. The van der Waals surface area contributed by atoms with Gasteiger partial charge in [0.1, 0.15) is 0 Å². The average Bonchev–Trinajstić information content (AvgIpc) is 3.13. The zero-order valence-corrected chi connectivity index (χ0v) is 16.1. The molecule has 0 aromatic carbocycles. The van der Waals surface area contributed by atoms with Crippen molar-refractivity contribution in [3.8, 4) is 0 Å². The fraction of sp³-hybridized carbons (Fsp3) is 0.632. The minimum Gasteiger partial charge on any atom is -0.354 e. The van der Waals surface area contributed by atoms with Gasteiger partial charge in [0, 0.05) is 44.0 Å². The van der Waals surface area contributed by atoms with Gasteiger partial charge in [-0.3, -0.25) is 14.4 Å². The van der Waals surface area contributed by atoms with E-state index < -0.39 is 0 Å². The van der Waals surface area contributed by atoms with Crippen LogP contribution in [0.25, 0.3) is 0 Å². The number of nitrogens with zero attached hydrogens (tertiary/aromatic N) is 2. The van der Waals surface area contributed by atoms with Gasteiger partial charge in [0.15, 0.2) is 0 Å². The molecule has 142 valence electrons. The molecule has 1 saturated carbocycles. The summed E-state index contributed by atoms with van der Waals surface area (Å²) < 4.78 is 0. The monoisotopic (exact) mass is 377 g/mol. The number of rotatable bonds is 2. The Kier molecular flexibility index (Phi) is 6.29. The molecule has 0 unspecified atom stereocenters. The lowest BCUT2D eigenvalue weighted by atomic mass is 9.82. The molecular formula is C19H27N3O3S. The van der Waals surface area contributed by atoms with Crippen molar-refractivity contribution in [1.29, 1.82) is 0 Å². The first-order valence-corrected chi connectivity index (χ1v) is 10.3. The number of amides is 3. The molecule has 1 aromatic heterocycles. The Labute approximate surface area is 158 Å². The molecular weight excluding hydrogens is 350 g/mol. The minimum absolute atomic E-state index is 0.0130. The molecule has 2 fully saturated rings. The fourth-order valence-electron chi connectivity index (χ4n) is 4.06. The summed E-state index contributed by atoms with van der Waals surface area (Å²) in [6, 6.07) is 3.85. The van der Waals surface area contributed by atoms with Crippen LogP contribution in [0.15, 0.2) is 17.5 Å². The molecule has 1 aromatic rings. The molecule has 3 rings (SSSR count). The third kappa shape index (κ3) is 4.44. The van der Waals surface area contributed by atoms with E-state index in [1.165, 1.54) is 0 Å². The van der Waals surface area contributed by atoms with E-state index in [0.717, 1.165) is 30.6 Å². The Morgan fingerprint density at radius 1 is 1.23 bits per heavy atom. The largest absolute Gasteiger partial charge is 0.354 e. The highest BCUT2D eigenvalue weighted by molar-refractivity contribution is 7.10. The maximum absolute atomic E-state index is 12.7. The van der Waals surface area contributed by atoms with Crippen molar-refractivity contribution >= 4 is 29.1 Å². The van der Waals surface area contributed by atoms with E-state index in [0.29, 0.717) is 32.6 Å². The Hall–Kier alpha value is -1.89. The molecule has 2 heterocycles. The zero-order valence-electron chi connectivity index (χ0n) is 15.3. The van der Waals surface area contributed by atoms with Crippen LogP contribution in [0.5, 0.6) is 0 Å². The summed E-state index contributed by atoms with van der Waals surface area (Å²) in [5.74, 6) is -0.0681. The highest BCUT2D eigenvalue weighted by atomic mass is 32.1. The van der Waals surface area contributed by atoms with E-state index in [2.05, 4.69) is 5.32 Å². The first-order valence-electron chi connectivity index (χ1n) is 9.41. The molecule has 1 aliphatic heterocycles. The molecule has 0 spiro atoms. The third-order valence-corrected chi connectivity index (χ3v) is 6.30. The third-order valence-electron chi connectivity index (χ3n) is 5.42. The van der Waals surface area contributed by atoms with Gasteiger partial charge in [-0.25, -0.2) is 0 Å². The standard InChI is InChI=1S/C19H27N3O3S/c1-14(23)22-11-10-21(18(24)13-15-5-4-12-26-15)9-8-20-19(25)16-6-2-3-7-17(16)22/h4-5,12,16-17H,2-3,6-11,13H2,1H3,(H,20,25)/t16-,17+/m0/s1. The second-order valence-electron chi connectivity index (χ2n) is 7.10. The van der Waals surface area contributed by atoms with E-state index in [-0.39, 0.29) is 29.7 Å². The van der Waals surface area contributed by atoms with Crippen molar-refractivity contribution in [3.63, 3.8) is 0 Å². The van der Waals surface area contributed by atoms with Gasteiger partial charge < -0.3 is 15.1 Å². The predicted octanol–water partition coefficient (Wildman–Crippen LogP) is 1.66. The SMILES string of the molecule is CC(=O)N1CCN(C(=O)Cc2cccs2)CCNC(=O)[C@H]2CCCC[C@H]21. The van der Waals surface area contributed by atoms with E-state index in [4.69, 9.17) is 0 Å². The van der Waals surface area contributed by atoms with Crippen molar-refractivity contribution in [2.24, 2.45) is 5.92 Å². The van der Waals surface area contributed by atoms with E-state index in [9.17, 15) is 14.4 Å². The van der Waals surface area contributed by atoms with Crippen molar-refractivity contribution < 1.29 is 14.4 Å². The smallest absolute Gasteiger partial charge is 0.227 e. The van der Waals surface area contributed by atoms with Crippen LogP contribution in [-0.2, 0) is 20.8 Å². The summed E-state index contributed by atoms with van der Waals surface area (Å²) in [7, 11) is 0. The summed E-state index contributed by atoms with van der Waals surface area (Å²) in [4.78, 5) is 42.2. The average molecular weight is 378 g/mol. The van der Waals surface area contributed by atoms with Gasteiger partial charge in [-0.15, -0.1) is 11.3 Å². The molecule has 2 aliphatic rings. The predicted molar refractivity (Wildman–Crippen MR) is 101 cm³/mol. The Morgan fingerprint density at radius 3 is 2.77 bits per heavy atom. The van der Waals surface area contributed by atoms with Gasteiger partial charge in [0.25, 0.3) is 0 Å². The van der Waals surface area contributed by atoms with Gasteiger partial charge in [-0.1, -0.05) is 18.9 Å². The molecule has 1 N–H and O–H groups in total. The first-order chi connectivity index (χ1) is 12.6. The number of carbonyl (C=O) groups excluding carboxylic acids is 3. The highest BCUT2D eigenvalue weighted by Gasteiger charge is 2.36. The maximum Gasteiger partial charge on any atom is 0.227 e. The van der Waals surface area contributed by atoms with Crippen LogP contribution in [0, 0.1) is 5.92 Å². The molecule has 0 radical (unpaired) electrons. The van der Waals surface area contributed by atoms with Crippen LogP contribution in [0.2, 0.25) is 0 Å². The summed E-state index contributed by atoms with van der Waals surface area (Å²) in [5, 5.41) is 4.95. The molecule has 3 amide bonds. The number of carbonyl (C=O) groups is 3. The summed E-state index contributed by atoms with van der Waals surface area (Å²) >= 11 is 1.57. The summed E-state index contributed by atoms with van der Waals surface area (Å²) in [5.41, 5.74) is 0. The lowest BCUT2D eigenvalue weighted by Crippen LogP contribution is -2.55. The molecule has 1 saturated heterocycles. The second-order valence-corrected chi connectivity index (χ2v) is 8.13. The van der Waals surface area contributed by atoms with Gasteiger partial charge in [0.05, 0.1) is 12.3 Å². The van der Waals surface area contributed by atoms with E-state index in [1.54, 1.807) is 23.2 Å². The van der Waals surface area contributed by atoms with Crippen LogP contribution in [0.1, 0.15) is 37.5 Å². The fourth-order valence-corrected chi connectivity index (χ4v) is 4.75. The lowest BCUT2D eigenvalue weighted by molar-refractivity contribution is -0.140. The molecule has 7 heteroatoms. The highest BCUT2D eigenvalue weighted by Crippen LogP contribution is 2.29. The molecule has 2 atom stereocenters. The van der Waals surface area contributed by atoms with E-state index in [1.807, 2.05) is 22.4 Å². The number of hydrogen-bond acceptors (Lipinski definition) is 4. The second kappa shape index (κ2) is 8.66. The van der Waals surface area contributed by atoms with Crippen LogP contribution in [0.3, 0.4) is 0 Å². The zero-order chi connectivity index (χ0) is 18.5. The van der Waals surface area contributed by atoms with Crippen molar-refractivity contribution in [2.45, 2.75) is 45.1 Å².